The average Bonchev–Trinajstić information content (AvgIpc) is 2.34. The summed E-state index contributed by atoms with van der Waals surface area (Å²) in [7, 11) is 0. The molecule has 1 aliphatic rings. The summed E-state index contributed by atoms with van der Waals surface area (Å²) in [6.07, 6.45) is 3.59. The molecule has 3 N–H and O–H groups in total. The second-order valence-corrected chi connectivity index (χ2v) is 5.38. The van der Waals surface area contributed by atoms with Gasteiger partial charge in [0.05, 0.1) is 6.04 Å². The lowest BCUT2D eigenvalue weighted by Gasteiger charge is -2.37. The Hall–Kier alpha value is -1.10. The first kappa shape index (κ1) is 15.0. The summed E-state index contributed by atoms with van der Waals surface area (Å²) in [6, 6.07) is -0.428. The summed E-state index contributed by atoms with van der Waals surface area (Å²) >= 11 is 0. The zero-order chi connectivity index (χ0) is 13.7. The van der Waals surface area contributed by atoms with Crippen molar-refractivity contribution in [3.05, 3.63) is 0 Å². The van der Waals surface area contributed by atoms with E-state index >= 15 is 0 Å². The van der Waals surface area contributed by atoms with E-state index in [4.69, 9.17) is 10.8 Å². The van der Waals surface area contributed by atoms with Crippen LogP contribution in [-0.4, -0.2) is 40.5 Å². The monoisotopic (exact) mass is 256 g/mol. The van der Waals surface area contributed by atoms with Crippen molar-refractivity contribution in [1.82, 2.24) is 4.90 Å². The molecule has 0 radical (unpaired) electrons. The number of likely N-dealkylation sites (tertiary alicyclic amines) is 1. The molecular formula is C13H24N2O3. The zero-order valence-corrected chi connectivity index (χ0v) is 11.3. The number of piperidine rings is 1. The molecule has 0 bridgehead atoms. The Labute approximate surface area is 108 Å². The van der Waals surface area contributed by atoms with Crippen molar-refractivity contribution in [3.63, 3.8) is 0 Å². The molecule has 0 saturated carbocycles. The summed E-state index contributed by atoms with van der Waals surface area (Å²) in [4.78, 5) is 24.7. The number of carbonyl (C=O) groups excluding carboxylic acids is 1. The highest BCUT2D eigenvalue weighted by molar-refractivity contribution is 5.82. The SMILES string of the molecule is CC(C)C(N)C(=O)N1CCCCC1CCC(=O)O. The molecule has 0 aliphatic carbocycles. The van der Waals surface area contributed by atoms with Crippen molar-refractivity contribution >= 4 is 11.9 Å². The highest BCUT2D eigenvalue weighted by Crippen LogP contribution is 2.22. The van der Waals surface area contributed by atoms with Crippen molar-refractivity contribution in [1.29, 1.82) is 0 Å². The first-order valence-electron chi connectivity index (χ1n) is 6.71. The number of hydrogen-bond donors (Lipinski definition) is 2. The minimum absolute atomic E-state index is 0.0277. The smallest absolute Gasteiger partial charge is 0.303 e. The molecule has 1 amide bonds. The van der Waals surface area contributed by atoms with Crippen molar-refractivity contribution in [2.75, 3.05) is 6.54 Å². The van der Waals surface area contributed by atoms with Gasteiger partial charge in [-0.15, -0.1) is 0 Å². The minimum atomic E-state index is -0.805. The Morgan fingerprint density at radius 1 is 1.39 bits per heavy atom. The van der Waals surface area contributed by atoms with Crippen LogP contribution in [0.5, 0.6) is 0 Å². The van der Waals surface area contributed by atoms with E-state index in [9.17, 15) is 9.59 Å². The first-order valence-corrected chi connectivity index (χ1v) is 6.71. The zero-order valence-electron chi connectivity index (χ0n) is 11.3. The van der Waals surface area contributed by atoms with Gasteiger partial charge in [-0.05, 0) is 31.6 Å². The Morgan fingerprint density at radius 2 is 2.06 bits per heavy atom. The van der Waals surface area contributed by atoms with E-state index in [1.165, 1.54) is 0 Å². The maximum Gasteiger partial charge on any atom is 0.303 e. The number of hydrogen-bond acceptors (Lipinski definition) is 3. The highest BCUT2D eigenvalue weighted by Gasteiger charge is 2.31. The molecule has 2 atom stereocenters. The van der Waals surface area contributed by atoms with E-state index in [1.807, 2.05) is 13.8 Å². The predicted octanol–water partition coefficient (Wildman–Crippen LogP) is 1.22. The average molecular weight is 256 g/mol. The Kier molecular flexibility index (Phi) is 5.59. The number of amides is 1. The maximum atomic E-state index is 12.2. The Morgan fingerprint density at radius 3 is 2.61 bits per heavy atom. The van der Waals surface area contributed by atoms with Crippen molar-refractivity contribution in [3.8, 4) is 0 Å². The lowest BCUT2D eigenvalue weighted by atomic mass is 9.95. The Balaban J connectivity index is 2.63. The molecule has 104 valence electrons. The van der Waals surface area contributed by atoms with E-state index in [0.29, 0.717) is 13.0 Å². The van der Waals surface area contributed by atoms with Crippen LogP contribution >= 0.6 is 0 Å². The molecule has 0 aromatic rings. The highest BCUT2D eigenvalue weighted by atomic mass is 16.4. The number of carboxylic acid groups (broad SMARTS) is 1. The molecule has 5 heteroatoms. The Bertz CT molecular complexity index is 305. The van der Waals surface area contributed by atoms with Gasteiger partial charge in [-0.3, -0.25) is 9.59 Å². The lowest BCUT2D eigenvalue weighted by molar-refractivity contribution is -0.141. The van der Waals surface area contributed by atoms with Crippen LogP contribution in [0.2, 0.25) is 0 Å². The quantitative estimate of drug-likeness (QED) is 0.774. The van der Waals surface area contributed by atoms with E-state index in [-0.39, 0.29) is 24.3 Å². The van der Waals surface area contributed by atoms with Crippen LogP contribution in [0, 0.1) is 5.92 Å². The third-order valence-electron chi connectivity index (χ3n) is 3.61. The van der Waals surface area contributed by atoms with Gasteiger partial charge in [0.25, 0.3) is 0 Å². The van der Waals surface area contributed by atoms with Crippen LogP contribution in [0.15, 0.2) is 0 Å². The van der Waals surface area contributed by atoms with Gasteiger partial charge in [-0.2, -0.15) is 0 Å². The number of carboxylic acids is 1. The van der Waals surface area contributed by atoms with Crippen molar-refractivity contribution in [2.45, 2.75) is 58.0 Å². The summed E-state index contributed by atoms with van der Waals surface area (Å²) in [5.74, 6) is -0.722. The predicted molar refractivity (Wildman–Crippen MR) is 69.0 cm³/mol. The molecular weight excluding hydrogens is 232 g/mol. The number of nitrogens with zero attached hydrogens (tertiary/aromatic N) is 1. The van der Waals surface area contributed by atoms with E-state index in [1.54, 1.807) is 4.90 Å². The van der Waals surface area contributed by atoms with Gasteiger partial charge >= 0.3 is 5.97 Å². The number of nitrogens with two attached hydrogens (primary N) is 1. The van der Waals surface area contributed by atoms with Gasteiger partial charge in [-0.1, -0.05) is 13.8 Å². The summed E-state index contributed by atoms with van der Waals surface area (Å²) in [5, 5.41) is 8.74. The first-order chi connectivity index (χ1) is 8.43. The van der Waals surface area contributed by atoms with Gasteiger partial charge < -0.3 is 15.7 Å². The molecule has 1 aliphatic heterocycles. The standard InChI is InChI=1S/C13H24N2O3/c1-9(2)12(14)13(18)15-8-4-3-5-10(15)6-7-11(16)17/h9-10,12H,3-8,14H2,1-2H3,(H,16,17). The van der Waals surface area contributed by atoms with Gasteiger partial charge in [0.15, 0.2) is 0 Å². The molecule has 1 rings (SSSR count). The van der Waals surface area contributed by atoms with E-state index < -0.39 is 12.0 Å². The van der Waals surface area contributed by atoms with Crippen LogP contribution in [0.25, 0.3) is 0 Å². The van der Waals surface area contributed by atoms with Crippen LogP contribution in [-0.2, 0) is 9.59 Å². The van der Waals surface area contributed by atoms with Crippen LogP contribution < -0.4 is 5.73 Å². The number of aliphatic carboxylic acids is 1. The van der Waals surface area contributed by atoms with Gasteiger partial charge in [0.1, 0.15) is 0 Å². The molecule has 2 unspecified atom stereocenters. The second kappa shape index (κ2) is 6.73. The molecule has 18 heavy (non-hydrogen) atoms. The fourth-order valence-electron chi connectivity index (χ4n) is 2.36. The fraction of sp³-hybridized carbons (Fsp3) is 0.846. The van der Waals surface area contributed by atoms with Gasteiger partial charge in [0.2, 0.25) is 5.91 Å². The van der Waals surface area contributed by atoms with E-state index in [0.717, 1.165) is 19.3 Å². The van der Waals surface area contributed by atoms with Crippen molar-refractivity contribution < 1.29 is 14.7 Å². The molecule has 0 aromatic carbocycles. The summed E-state index contributed by atoms with van der Waals surface area (Å²) in [6.45, 7) is 4.57. The molecule has 0 aromatic heterocycles. The molecule has 1 fully saturated rings. The maximum absolute atomic E-state index is 12.2. The third-order valence-corrected chi connectivity index (χ3v) is 3.61. The largest absolute Gasteiger partial charge is 0.481 e. The van der Waals surface area contributed by atoms with Crippen molar-refractivity contribution in [2.24, 2.45) is 11.7 Å². The molecule has 0 spiro atoms. The normalized spacial score (nSPS) is 22.0. The summed E-state index contributed by atoms with van der Waals surface area (Å²) in [5.41, 5.74) is 5.90. The van der Waals surface area contributed by atoms with Gasteiger partial charge in [-0.25, -0.2) is 0 Å². The molecule has 1 heterocycles. The van der Waals surface area contributed by atoms with Crippen LogP contribution in [0.4, 0.5) is 0 Å². The molecule has 5 nitrogen and oxygen atoms in total. The van der Waals surface area contributed by atoms with Gasteiger partial charge in [0, 0.05) is 19.0 Å². The van der Waals surface area contributed by atoms with Crippen LogP contribution in [0.1, 0.15) is 46.0 Å². The minimum Gasteiger partial charge on any atom is -0.481 e. The van der Waals surface area contributed by atoms with Crippen LogP contribution in [0.3, 0.4) is 0 Å². The fourth-order valence-corrected chi connectivity index (χ4v) is 2.36. The third kappa shape index (κ3) is 3.98. The second-order valence-electron chi connectivity index (χ2n) is 5.38. The molecule has 1 saturated heterocycles. The van der Waals surface area contributed by atoms with E-state index in [2.05, 4.69) is 0 Å². The number of rotatable bonds is 5. The number of carbonyl (C=O) groups is 2. The lowest BCUT2D eigenvalue weighted by Crippen LogP contribution is -2.52. The summed E-state index contributed by atoms with van der Waals surface area (Å²) < 4.78 is 0. The topological polar surface area (TPSA) is 83.6 Å².